The summed E-state index contributed by atoms with van der Waals surface area (Å²) >= 11 is 5.66. The van der Waals surface area contributed by atoms with Gasteiger partial charge < -0.3 is 24.8 Å². The molecule has 1 fully saturated rings. The monoisotopic (exact) mass is 403 g/mol. The Hall–Kier alpha value is -1.96. The first-order valence-corrected chi connectivity index (χ1v) is 10.4. The maximum atomic E-state index is 12.7. The van der Waals surface area contributed by atoms with Crippen molar-refractivity contribution < 1.29 is 9.64 Å². The summed E-state index contributed by atoms with van der Waals surface area (Å²) in [5, 5.41) is 5.07. The highest BCUT2D eigenvalue weighted by atomic mass is 32.1. The normalized spacial score (nSPS) is 16.6. The highest BCUT2D eigenvalue weighted by molar-refractivity contribution is 7.80. The standard InChI is InChI=1S/C21H30N4O2S/c1-15-6-4-7-16-12-17(20(26)23-19(15)16)14-25(10-9-24(2)3)21(28)22-13-18-8-5-11-27-18/h4,6-7,12,18H,5,8-11,13-14H2,1-3H3,(H,22,28)(H,23,26)/p+1/t18-/m0/s1. The summed E-state index contributed by atoms with van der Waals surface area (Å²) in [5.41, 5.74) is 2.65. The average molecular weight is 404 g/mol. The number of nitrogens with one attached hydrogen (secondary N) is 3. The minimum absolute atomic E-state index is 0.0501. The fourth-order valence-electron chi connectivity index (χ4n) is 3.48. The van der Waals surface area contributed by atoms with Crippen LogP contribution in [-0.4, -0.2) is 61.4 Å². The molecule has 3 rings (SSSR count). The van der Waals surface area contributed by atoms with Crippen molar-refractivity contribution in [2.75, 3.05) is 40.3 Å². The summed E-state index contributed by atoms with van der Waals surface area (Å²) in [5.74, 6) is 0. The molecule has 2 aromatic rings. The zero-order valence-electron chi connectivity index (χ0n) is 17.0. The summed E-state index contributed by atoms with van der Waals surface area (Å²) in [7, 11) is 4.24. The van der Waals surface area contributed by atoms with E-state index in [-0.39, 0.29) is 11.7 Å². The third-order valence-electron chi connectivity index (χ3n) is 5.20. The zero-order chi connectivity index (χ0) is 20.1. The topological polar surface area (TPSA) is 61.8 Å². The van der Waals surface area contributed by atoms with E-state index in [9.17, 15) is 4.79 Å². The van der Waals surface area contributed by atoms with Crippen molar-refractivity contribution in [2.45, 2.75) is 32.4 Å². The van der Waals surface area contributed by atoms with Gasteiger partial charge in [-0.2, -0.15) is 0 Å². The van der Waals surface area contributed by atoms with E-state index in [2.05, 4.69) is 29.3 Å². The van der Waals surface area contributed by atoms with Gasteiger partial charge in [-0.15, -0.1) is 0 Å². The summed E-state index contributed by atoms with van der Waals surface area (Å²) in [6, 6.07) is 8.04. The van der Waals surface area contributed by atoms with Gasteiger partial charge in [0.15, 0.2) is 5.11 Å². The van der Waals surface area contributed by atoms with Gasteiger partial charge in [0.1, 0.15) is 0 Å². The van der Waals surface area contributed by atoms with Crippen molar-refractivity contribution in [3.05, 3.63) is 45.7 Å². The first-order chi connectivity index (χ1) is 13.4. The highest BCUT2D eigenvalue weighted by Crippen LogP contribution is 2.16. The Morgan fingerprint density at radius 3 is 2.96 bits per heavy atom. The highest BCUT2D eigenvalue weighted by Gasteiger charge is 2.19. The Kier molecular flexibility index (Phi) is 7.04. The number of quaternary nitrogens is 1. The minimum Gasteiger partial charge on any atom is -0.376 e. The Morgan fingerprint density at radius 2 is 2.25 bits per heavy atom. The number of ether oxygens (including phenoxy) is 1. The van der Waals surface area contributed by atoms with Crippen molar-refractivity contribution in [1.29, 1.82) is 0 Å². The second-order valence-corrected chi connectivity index (χ2v) is 8.25. The minimum atomic E-state index is -0.0501. The number of aromatic nitrogens is 1. The van der Waals surface area contributed by atoms with Gasteiger partial charge in [0.25, 0.3) is 5.56 Å². The molecular formula is C21H31N4O2S+. The van der Waals surface area contributed by atoms with Crippen LogP contribution >= 0.6 is 12.2 Å². The van der Waals surface area contributed by atoms with Crippen LogP contribution in [0.4, 0.5) is 0 Å². The van der Waals surface area contributed by atoms with Gasteiger partial charge in [-0.3, -0.25) is 4.79 Å². The number of benzene rings is 1. The number of hydrogen-bond donors (Lipinski definition) is 3. The van der Waals surface area contributed by atoms with E-state index in [4.69, 9.17) is 17.0 Å². The molecule has 0 saturated carbocycles. The van der Waals surface area contributed by atoms with Crippen LogP contribution in [0.1, 0.15) is 24.0 Å². The molecule has 1 atom stereocenters. The Balaban J connectivity index is 1.76. The van der Waals surface area contributed by atoms with E-state index < -0.39 is 0 Å². The smallest absolute Gasteiger partial charge is 0.253 e. The fraction of sp³-hybridized carbons (Fsp3) is 0.524. The van der Waals surface area contributed by atoms with Gasteiger partial charge in [-0.25, -0.2) is 0 Å². The van der Waals surface area contributed by atoms with Crippen molar-refractivity contribution in [1.82, 2.24) is 15.2 Å². The fourth-order valence-corrected chi connectivity index (χ4v) is 3.72. The second kappa shape index (κ2) is 9.49. The van der Waals surface area contributed by atoms with Gasteiger partial charge in [0.05, 0.1) is 45.4 Å². The van der Waals surface area contributed by atoms with Crippen LogP contribution < -0.4 is 15.8 Å². The number of likely N-dealkylation sites (N-methyl/N-ethyl adjacent to an activating group) is 1. The van der Waals surface area contributed by atoms with Crippen molar-refractivity contribution >= 4 is 28.2 Å². The molecule has 0 aliphatic carbocycles. The number of para-hydroxylation sites is 1. The number of fused-ring (bicyclic) bond motifs is 1. The number of thiocarbonyl (C=S) groups is 1. The van der Waals surface area contributed by atoms with Crippen LogP contribution in [-0.2, 0) is 11.3 Å². The molecule has 1 aliphatic heterocycles. The Bertz CT molecular complexity index is 874. The summed E-state index contributed by atoms with van der Waals surface area (Å²) < 4.78 is 5.68. The van der Waals surface area contributed by atoms with E-state index in [0.29, 0.717) is 11.7 Å². The van der Waals surface area contributed by atoms with Gasteiger partial charge in [-0.1, -0.05) is 18.2 Å². The molecule has 1 aromatic heterocycles. The molecule has 0 bridgehead atoms. The lowest BCUT2D eigenvalue weighted by Gasteiger charge is -2.27. The van der Waals surface area contributed by atoms with E-state index >= 15 is 0 Å². The molecule has 0 unspecified atom stereocenters. The number of pyridine rings is 1. The van der Waals surface area contributed by atoms with Crippen molar-refractivity contribution in [3.63, 3.8) is 0 Å². The van der Waals surface area contributed by atoms with E-state index in [1.807, 2.05) is 31.2 Å². The lowest BCUT2D eigenvalue weighted by atomic mass is 10.1. The first-order valence-electron chi connectivity index (χ1n) is 9.99. The average Bonchev–Trinajstić information content (AvgIpc) is 3.18. The molecular weight excluding hydrogens is 372 g/mol. The zero-order valence-corrected chi connectivity index (χ0v) is 17.8. The molecule has 1 saturated heterocycles. The predicted octanol–water partition coefficient (Wildman–Crippen LogP) is 0.837. The van der Waals surface area contributed by atoms with Crippen LogP contribution in [0, 0.1) is 6.92 Å². The first kappa shape index (κ1) is 20.8. The summed E-state index contributed by atoms with van der Waals surface area (Å²) in [6.07, 6.45) is 2.41. The molecule has 3 N–H and O–H groups in total. The molecule has 0 radical (unpaired) electrons. The van der Waals surface area contributed by atoms with Crippen LogP contribution in [0.15, 0.2) is 29.1 Å². The SMILES string of the molecule is Cc1cccc2cc(CN(CC[NH+](C)C)C(=S)NC[C@@H]3CCCO3)c(=O)[nH]c12. The molecule has 0 amide bonds. The van der Waals surface area contributed by atoms with Crippen LogP contribution in [0.5, 0.6) is 0 Å². The molecule has 0 spiro atoms. The van der Waals surface area contributed by atoms with E-state index in [0.717, 1.165) is 61.1 Å². The molecule has 1 aliphatic rings. The largest absolute Gasteiger partial charge is 0.376 e. The maximum Gasteiger partial charge on any atom is 0.253 e. The quantitative estimate of drug-likeness (QED) is 0.598. The molecule has 152 valence electrons. The second-order valence-electron chi connectivity index (χ2n) is 7.86. The van der Waals surface area contributed by atoms with Crippen LogP contribution in [0.3, 0.4) is 0 Å². The lowest BCUT2D eigenvalue weighted by molar-refractivity contribution is -0.857. The van der Waals surface area contributed by atoms with Crippen LogP contribution in [0.2, 0.25) is 0 Å². The van der Waals surface area contributed by atoms with Gasteiger partial charge in [0.2, 0.25) is 0 Å². The van der Waals surface area contributed by atoms with E-state index in [1.54, 1.807) is 0 Å². The Labute approximate surface area is 171 Å². The number of nitrogens with zero attached hydrogens (tertiary/aromatic N) is 1. The third kappa shape index (κ3) is 5.31. The number of H-pyrrole nitrogens is 1. The summed E-state index contributed by atoms with van der Waals surface area (Å²) in [6.45, 7) is 5.77. The number of aryl methyl sites for hydroxylation is 1. The molecule has 28 heavy (non-hydrogen) atoms. The number of aromatic amines is 1. The molecule has 2 heterocycles. The lowest BCUT2D eigenvalue weighted by Crippen LogP contribution is -3.06. The number of hydrogen-bond acceptors (Lipinski definition) is 3. The van der Waals surface area contributed by atoms with Crippen LogP contribution in [0.25, 0.3) is 10.9 Å². The Morgan fingerprint density at radius 1 is 1.43 bits per heavy atom. The van der Waals surface area contributed by atoms with Gasteiger partial charge >= 0.3 is 0 Å². The van der Waals surface area contributed by atoms with E-state index in [1.165, 1.54) is 4.90 Å². The number of rotatable bonds is 7. The third-order valence-corrected chi connectivity index (χ3v) is 5.60. The molecule has 7 heteroatoms. The van der Waals surface area contributed by atoms with Gasteiger partial charge in [0, 0.05) is 18.7 Å². The maximum absolute atomic E-state index is 12.7. The van der Waals surface area contributed by atoms with Gasteiger partial charge in [-0.05, 0) is 49.0 Å². The predicted molar refractivity (Wildman–Crippen MR) is 117 cm³/mol. The van der Waals surface area contributed by atoms with Crippen molar-refractivity contribution in [3.8, 4) is 0 Å². The summed E-state index contributed by atoms with van der Waals surface area (Å²) in [4.78, 5) is 19.1. The molecule has 1 aromatic carbocycles. The van der Waals surface area contributed by atoms with Crippen molar-refractivity contribution in [2.24, 2.45) is 0 Å². The molecule has 6 nitrogen and oxygen atoms in total.